The number of aromatic nitrogens is 3. The summed E-state index contributed by atoms with van der Waals surface area (Å²) in [6.45, 7) is 1.79. The number of nitrogens with zero attached hydrogens (tertiary/aromatic N) is 3. The molecule has 4 nitrogen and oxygen atoms in total. The second-order valence-corrected chi connectivity index (χ2v) is 2.08. The Morgan fingerprint density at radius 3 is 2.91 bits per heavy atom. The van der Waals surface area contributed by atoms with E-state index < -0.39 is 0 Å². The smallest absolute Gasteiger partial charge is 0.207 e. The number of carbonyl (C=O) groups excluding carboxylic acids is 1. The minimum absolute atomic E-state index is 0.111. The highest BCUT2D eigenvalue weighted by atomic mass is 16.1. The van der Waals surface area contributed by atoms with Crippen molar-refractivity contribution in [2.75, 3.05) is 0 Å². The lowest BCUT2D eigenvalue weighted by molar-refractivity contribution is 0.104. The third-order valence-corrected chi connectivity index (χ3v) is 1.17. The van der Waals surface area contributed by atoms with Crippen molar-refractivity contribution in [3.05, 3.63) is 24.0 Å². The molecule has 11 heavy (non-hydrogen) atoms. The van der Waals surface area contributed by atoms with Crippen LogP contribution in [0, 0.1) is 0 Å². The van der Waals surface area contributed by atoms with E-state index in [9.17, 15) is 4.79 Å². The van der Waals surface area contributed by atoms with Crippen LogP contribution < -0.4 is 0 Å². The largest absolute Gasteiger partial charge is 0.287 e. The molecule has 0 saturated heterocycles. The number of ketones is 1. The molecule has 1 aromatic heterocycles. The van der Waals surface area contributed by atoms with Crippen LogP contribution in [0.2, 0.25) is 0 Å². The fraction of sp³-hybridized carbons (Fsp3) is 0.286. The summed E-state index contributed by atoms with van der Waals surface area (Å²) in [7, 11) is 1.67. The SMILES string of the molecule is C/C=C/C(=O)c1cnn(C)n1. The second kappa shape index (κ2) is 3.09. The van der Waals surface area contributed by atoms with Crippen LogP contribution in [0.15, 0.2) is 18.3 Å². The molecule has 0 radical (unpaired) electrons. The predicted octanol–water partition coefficient (Wildman–Crippen LogP) is 0.574. The minimum atomic E-state index is -0.111. The zero-order valence-electron chi connectivity index (χ0n) is 6.48. The van der Waals surface area contributed by atoms with Crippen molar-refractivity contribution in [3.63, 3.8) is 0 Å². The first-order valence-electron chi connectivity index (χ1n) is 3.27. The van der Waals surface area contributed by atoms with Crippen molar-refractivity contribution in [1.82, 2.24) is 15.0 Å². The normalized spacial score (nSPS) is 10.7. The maximum atomic E-state index is 11.1. The molecule has 0 bridgehead atoms. The Balaban J connectivity index is 2.85. The van der Waals surface area contributed by atoms with Gasteiger partial charge >= 0.3 is 0 Å². The zero-order chi connectivity index (χ0) is 8.27. The summed E-state index contributed by atoms with van der Waals surface area (Å²) < 4.78 is 0. The lowest BCUT2D eigenvalue weighted by Crippen LogP contribution is -1.97. The summed E-state index contributed by atoms with van der Waals surface area (Å²) in [4.78, 5) is 12.4. The molecular weight excluding hydrogens is 142 g/mol. The Hall–Kier alpha value is -1.45. The minimum Gasteiger partial charge on any atom is -0.287 e. The van der Waals surface area contributed by atoms with Crippen molar-refractivity contribution in [2.24, 2.45) is 7.05 Å². The number of rotatable bonds is 2. The molecule has 4 heteroatoms. The summed E-state index contributed by atoms with van der Waals surface area (Å²) in [5, 5.41) is 7.60. The molecule has 0 unspecified atom stereocenters. The van der Waals surface area contributed by atoms with E-state index in [1.165, 1.54) is 17.1 Å². The maximum Gasteiger partial charge on any atom is 0.207 e. The Kier molecular flexibility index (Phi) is 2.15. The molecule has 0 atom stereocenters. The third-order valence-electron chi connectivity index (χ3n) is 1.17. The molecule has 0 N–H and O–H groups in total. The van der Waals surface area contributed by atoms with Gasteiger partial charge in [-0.1, -0.05) is 6.08 Å². The van der Waals surface area contributed by atoms with Crippen molar-refractivity contribution in [3.8, 4) is 0 Å². The molecule has 1 rings (SSSR count). The molecule has 1 heterocycles. The van der Waals surface area contributed by atoms with Gasteiger partial charge in [-0.25, -0.2) is 0 Å². The van der Waals surface area contributed by atoms with Crippen LogP contribution >= 0.6 is 0 Å². The van der Waals surface area contributed by atoms with Crippen LogP contribution in [0.25, 0.3) is 0 Å². The number of hydrogen-bond acceptors (Lipinski definition) is 3. The number of allylic oxidation sites excluding steroid dienone is 2. The zero-order valence-corrected chi connectivity index (χ0v) is 6.48. The van der Waals surface area contributed by atoms with Crippen LogP contribution in [-0.4, -0.2) is 20.8 Å². The lowest BCUT2D eigenvalue weighted by atomic mass is 10.3. The first-order chi connectivity index (χ1) is 5.24. The Morgan fingerprint density at radius 1 is 1.73 bits per heavy atom. The Morgan fingerprint density at radius 2 is 2.45 bits per heavy atom. The van der Waals surface area contributed by atoms with E-state index in [-0.39, 0.29) is 5.78 Å². The summed E-state index contributed by atoms with van der Waals surface area (Å²) in [6.07, 6.45) is 4.59. The third kappa shape index (κ3) is 1.73. The maximum absolute atomic E-state index is 11.1. The van der Waals surface area contributed by atoms with Gasteiger partial charge in [0.05, 0.1) is 6.20 Å². The molecule has 0 aliphatic heterocycles. The summed E-state index contributed by atoms with van der Waals surface area (Å²) >= 11 is 0. The quantitative estimate of drug-likeness (QED) is 0.458. The Bertz CT molecular complexity index is 288. The highest BCUT2D eigenvalue weighted by Crippen LogP contribution is 1.93. The van der Waals surface area contributed by atoms with Crippen molar-refractivity contribution >= 4 is 5.78 Å². The average Bonchev–Trinajstić information content (AvgIpc) is 2.36. The number of carbonyl (C=O) groups is 1. The van der Waals surface area contributed by atoms with E-state index in [2.05, 4.69) is 10.2 Å². The fourth-order valence-electron chi connectivity index (χ4n) is 0.695. The van der Waals surface area contributed by atoms with Crippen LogP contribution in [-0.2, 0) is 7.05 Å². The van der Waals surface area contributed by atoms with Gasteiger partial charge in [-0.3, -0.25) is 4.79 Å². The highest BCUT2D eigenvalue weighted by Gasteiger charge is 2.04. The van der Waals surface area contributed by atoms with Crippen LogP contribution in [0.5, 0.6) is 0 Å². The fourth-order valence-corrected chi connectivity index (χ4v) is 0.695. The predicted molar refractivity (Wildman–Crippen MR) is 40.1 cm³/mol. The molecule has 0 aliphatic rings. The molecule has 0 aromatic carbocycles. The average molecular weight is 151 g/mol. The standard InChI is InChI=1S/C7H9N3O/c1-3-4-7(11)6-5-8-10(2)9-6/h3-5H,1-2H3/b4-3+. The van der Waals surface area contributed by atoms with Crippen LogP contribution in [0.3, 0.4) is 0 Å². The number of aryl methyl sites for hydroxylation is 1. The first kappa shape index (κ1) is 7.65. The van der Waals surface area contributed by atoms with Crippen LogP contribution in [0.1, 0.15) is 17.4 Å². The van der Waals surface area contributed by atoms with Gasteiger partial charge in [0.2, 0.25) is 5.78 Å². The molecule has 0 fully saturated rings. The number of hydrogen-bond donors (Lipinski definition) is 0. The van der Waals surface area contributed by atoms with E-state index in [0.717, 1.165) is 0 Å². The van der Waals surface area contributed by atoms with E-state index >= 15 is 0 Å². The summed E-state index contributed by atoms with van der Waals surface area (Å²) in [6, 6.07) is 0. The highest BCUT2D eigenvalue weighted by molar-refractivity contribution is 6.02. The van der Waals surface area contributed by atoms with Gasteiger partial charge in [0, 0.05) is 7.05 Å². The summed E-state index contributed by atoms with van der Waals surface area (Å²) in [5.74, 6) is -0.111. The van der Waals surface area contributed by atoms with Gasteiger partial charge in [0.25, 0.3) is 0 Å². The molecule has 0 amide bonds. The molecular formula is C7H9N3O. The molecule has 58 valence electrons. The van der Waals surface area contributed by atoms with Crippen LogP contribution in [0.4, 0.5) is 0 Å². The molecule has 0 spiro atoms. The van der Waals surface area contributed by atoms with Crippen molar-refractivity contribution in [2.45, 2.75) is 6.92 Å². The molecule has 1 aromatic rings. The van der Waals surface area contributed by atoms with Gasteiger partial charge in [-0.15, -0.1) is 0 Å². The van der Waals surface area contributed by atoms with Gasteiger partial charge < -0.3 is 0 Å². The second-order valence-electron chi connectivity index (χ2n) is 2.08. The van der Waals surface area contributed by atoms with Gasteiger partial charge in [0.15, 0.2) is 5.69 Å². The van der Waals surface area contributed by atoms with E-state index in [0.29, 0.717) is 5.69 Å². The lowest BCUT2D eigenvalue weighted by Gasteiger charge is -1.83. The Labute approximate surface area is 64.5 Å². The van der Waals surface area contributed by atoms with E-state index in [1.54, 1.807) is 20.0 Å². The topological polar surface area (TPSA) is 47.8 Å². The van der Waals surface area contributed by atoms with E-state index in [1.807, 2.05) is 0 Å². The van der Waals surface area contributed by atoms with Gasteiger partial charge in [-0.2, -0.15) is 15.0 Å². The van der Waals surface area contributed by atoms with Crippen molar-refractivity contribution < 1.29 is 4.79 Å². The molecule has 0 aliphatic carbocycles. The summed E-state index contributed by atoms with van der Waals surface area (Å²) in [5.41, 5.74) is 0.380. The molecule has 0 saturated carbocycles. The van der Waals surface area contributed by atoms with Gasteiger partial charge in [-0.05, 0) is 13.0 Å². The van der Waals surface area contributed by atoms with Crippen molar-refractivity contribution in [1.29, 1.82) is 0 Å². The van der Waals surface area contributed by atoms with E-state index in [4.69, 9.17) is 0 Å². The first-order valence-corrected chi connectivity index (χ1v) is 3.27. The van der Waals surface area contributed by atoms with Gasteiger partial charge in [0.1, 0.15) is 0 Å². The monoisotopic (exact) mass is 151 g/mol.